The maximum absolute atomic E-state index is 11.9. The first-order valence-corrected chi connectivity index (χ1v) is 8.84. The normalized spacial score (nSPS) is 25.4. The Morgan fingerprint density at radius 1 is 1.22 bits per heavy atom. The minimum atomic E-state index is 0.237. The smallest absolute Gasteiger partial charge is 0.236 e. The van der Waals surface area contributed by atoms with Crippen LogP contribution >= 0.6 is 0 Å². The highest BCUT2D eigenvalue weighted by molar-refractivity contribution is 5.78. The van der Waals surface area contributed by atoms with Crippen molar-refractivity contribution >= 4 is 5.91 Å². The van der Waals surface area contributed by atoms with Gasteiger partial charge in [-0.15, -0.1) is 0 Å². The fourth-order valence-electron chi connectivity index (χ4n) is 3.30. The number of piperidine rings is 1. The molecule has 0 spiro atoms. The number of amides is 1. The third-order valence-electron chi connectivity index (χ3n) is 5.03. The molecular weight excluding hydrogens is 294 g/mol. The van der Waals surface area contributed by atoms with Gasteiger partial charge in [0.05, 0.1) is 13.1 Å². The molecule has 0 aromatic carbocycles. The highest BCUT2D eigenvalue weighted by Gasteiger charge is 2.30. The van der Waals surface area contributed by atoms with Crippen molar-refractivity contribution in [3.63, 3.8) is 0 Å². The monoisotopic (exact) mass is 319 g/mol. The average Bonchev–Trinajstić information content (AvgIpc) is 3.24. The third kappa shape index (κ3) is 3.72. The standard InChI is InChI=1S/C16H25N5O2/c22-15(21-7-2-8-21)9-17-13-3-1-6-20(10-13)11-14-18-16(23-19-14)12-4-5-12/h12-13,17H,1-11H2/t13-/m0/s1. The number of nitrogens with zero attached hydrogens (tertiary/aromatic N) is 4. The van der Waals surface area contributed by atoms with Gasteiger partial charge in [0, 0.05) is 31.6 Å². The van der Waals surface area contributed by atoms with Crippen LogP contribution in [0.4, 0.5) is 0 Å². The molecule has 1 atom stereocenters. The Hall–Kier alpha value is -1.47. The number of aromatic nitrogens is 2. The summed E-state index contributed by atoms with van der Waals surface area (Å²) in [4.78, 5) is 20.7. The predicted molar refractivity (Wildman–Crippen MR) is 83.8 cm³/mol. The molecule has 1 aliphatic carbocycles. The summed E-state index contributed by atoms with van der Waals surface area (Å²) >= 11 is 0. The lowest BCUT2D eigenvalue weighted by atomic mass is 10.1. The summed E-state index contributed by atoms with van der Waals surface area (Å²) < 4.78 is 5.33. The molecule has 1 amide bonds. The van der Waals surface area contributed by atoms with E-state index < -0.39 is 0 Å². The minimum Gasteiger partial charge on any atom is -0.341 e. The van der Waals surface area contributed by atoms with Gasteiger partial charge in [0.15, 0.2) is 5.82 Å². The molecule has 7 heteroatoms. The Morgan fingerprint density at radius 2 is 2.09 bits per heavy atom. The zero-order chi connectivity index (χ0) is 15.6. The number of nitrogens with one attached hydrogen (secondary N) is 1. The zero-order valence-electron chi connectivity index (χ0n) is 13.5. The van der Waals surface area contributed by atoms with Crippen molar-refractivity contribution in [3.05, 3.63) is 11.7 Å². The van der Waals surface area contributed by atoms with Crippen LogP contribution in [-0.4, -0.2) is 64.6 Å². The summed E-state index contributed by atoms with van der Waals surface area (Å²) in [5.74, 6) is 2.36. The molecule has 126 valence electrons. The molecule has 3 fully saturated rings. The van der Waals surface area contributed by atoms with Gasteiger partial charge in [-0.05, 0) is 38.6 Å². The van der Waals surface area contributed by atoms with Gasteiger partial charge >= 0.3 is 0 Å². The van der Waals surface area contributed by atoms with E-state index in [0.717, 1.165) is 63.7 Å². The molecule has 1 aromatic heterocycles. The summed E-state index contributed by atoms with van der Waals surface area (Å²) in [6.45, 7) is 5.07. The highest BCUT2D eigenvalue weighted by Crippen LogP contribution is 2.38. The molecule has 2 saturated heterocycles. The summed E-state index contributed by atoms with van der Waals surface area (Å²) in [5.41, 5.74) is 0. The van der Waals surface area contributed by atoms with E-state index in [9.17, 15) is 4.79 Å². The molecule has 1 aromatic rings. The Kier molecular flexibility index (Phi) is 4.31. The molecule has 0 bridgehead atoms. The van der Waals surface area contributed by atoms with E-state index in [2.05, 4.69) is 20.4 Å². The van der Waals surface area contributed by atoms with Gasteiger partial charge in [0.25, 0.3) is 0 Å². The largest absolute Gasteiger partial charge is 0.341 e. The molecule has 0 radical (unpaired) electrons. The van der Waals surface area contributed by atoms with Gasteiger partial charge in [-0.1, -0.05) is 5.16 Å². The van der Waals surface area contributed by atoms with E-state index in [1.807, 2.05) is 4.90 Å². The molecule has 1 N–H and O–H groups in total. The molecular formula is C16H25N5O2. The summed E-state index contributed by atoms with van der Waals surface area (Å²) in [6.07, 6.45) is 5.79. The van der Waals surface area contributed by atoms with Gasteiger partial charge in [-0.2, -0.15) is 4.98 Å². The maximum atomic E-state index is 11.9. The lowest BCUT2D eigenvalue weighted by Gasteiger charge is -2.34. The van der Waals surface area contributed by atoms with E-state index in [-0.39, 0.29) is 5.91 Å². The third-order valence-corrected chi connectivity index (χ3v) is 5.03. The fourth-order valence-corrected chi connectivity index (χ4v) is 3.30. The number of carbonyl (C=O) groups excluding carboxylic acids is 1. The van der Waals surface area contributed by atoms with Crippen LogP contribution in [0.1, 0.15) is 49.7 Å². The van der Waals surface area contributed by atoms with Crippen LogP contribution in [0.25, 0.3) is 0 Å². The van der Waals surface area contributed by atoms with E-state index in [0.29, 0.717) is 18.5 Å². The second-order valence-electron chi connectivity index (χ2n) is 7.01. The number of rotatable bonds is 6. The van der Waals surface area contributed by atoms with E-state index in [1.54, 1.807) is 0 Å². The van der Waals surface area contributed by atoms with E-state index in [1.165, 1.54) is 12.8 Å². The second kappa shape index (κ2) is 6.57. The number of carbonyl (C=O) groups is 1. The van der Waals surface area contributed by atoms with Crippen molar-refractivity contribution in [3.8, 4) is 0 Å². The molecule has 3 heterocycles. The van der Waals surface area contributed by atoms with Crippen molar-refractivity contribution in [1.82, 2.24) is 25.3 Å². The second-order valence-corrected chi connectivity index (χ2v) is 7.01. The van der Waals surface area contributed by atoms with Crippen LogP contribution < -0.4 is 5.32 Å². The van der Waals surface area contributed by atoms with Crippen molar-refractivity contribution in [2.45, 2.75) is 50.6 Å². The molecule has 3 aliphatic rings. The van der Waals surface area contributed by atoms with Crippen LogP contribution in [0.3, 0.4) is 0 Å². The van der Waals surface area contributed by atoms with Gasteiger partial charge < -0.3 is 14.7 Å². The predicted octanol–water partition coefficient (Wildman–Crippen LogP) is 0.733. The minimum absolute atomic E-state index is 0.237. The van der Waals surface area contributed by atoms with E-state index in [4.69, 9.17) is 4.52 Å². The first-order chi connectivity index (χ1) is 11.3. The summed E-state index contributed by atoms with van der Waals surface area (Å²) in [6, 6.07) is 0.379. The van der Waals surface area contributed by atoms with Crippen LogP contribution in [0.5, 0.6) is 0 Å². The van der Waals surface area contributed by atoms with Crippen molar-refractivity contribution < 1.29 is 9.32 Å². The zero-order valence-corrected chi connectivity index (χ0v) is 13.5. The average molecular weight is 319 g/mol. The van der Waals surface area contributed by atoms with Gasteiger partial charge in [0.1, 0.15) is 0 Å². The van der Waals surface area contributed by atoms with Crippen molar-refractivity contribution in [1.29, 1.82) is 0 Å². The van der Waals surface area contributed by atoms with Crippen LogP contribution in [0.15, 0.2) is 4.52 Å². The Labute approximate surface area is 136 Å². The topological polar surface area (TPSA) is 74.5 Å². The maximum Gasteiger partial charge on any atom is 0.236 e. The first-order valence-electron chi connectivity index (χ1n) is 8.84. The van der Waals surface area contributed by atoms with Gasteiger partial charge in [0.2, 0.25) is 11.8 Å². The van der Waals surface area contributed by atoms with Gasteiger partial charge in [-0.25, -0.2) is 0 Å². The summed E-state index contributed by atoms with van der Waals surface area (Å²) in [5, 5.41) is 7.53. The van der Waals surface area contributed by atoms with Crippen molar-refractivity contribution in [2.24, 2.45) is 0 Å². The lowest BCUT2D eigenvalue weighted by Crippen LogP contribution is -2.51. The van der Waals surface area contributed by atoms with E-state index >= 15 is 0 Å². The van der Waals surface area contributed by atoms with Crippen LogP contribution in [-0.2, 0) is 11.3 Å². The summed E-state index contributed by atoms with van der Waals surface area (Å²) in [7, 11) is 0. The number of likely N-dealkylation sites (tertiary alicyclic amines) is 2. The van der Waals surface area contributed by atoms with Crippen LogP contribution in [0.2, 0.25) is 0 Å². The molecule has 4 rings (SSSR count). The Morgan fingerprint density at radius 3 is 2.83 bits per heavy atom. The Balaban J connectivity index is 1.23. The SMILES string of the molecule is O=C(CN[C@H]1CCCN(Cc2noc(C3CC3)n2)C1)N1CCC1. The molecule has 23 heavy (non-hydrogen) atoms. The quantitative estimate of drug-likeness (QED) is 0.833. The van der Waals surface area contributed by atoms with Crippen molar-refractivity contribution in [2.75, 3.05) is 32.7 Å². The number of hydrogen-bond acceptors (Lipinski definition) is 6. The number of hydrogen-bond donors (Lipinski definition) is 1. The fraction of sp³-hybridized carbons (Fsp3) is 0.812. The molecule has 0 unspecified atom stereocenters. The van der Waals surface area contributed by atoms with Crippen LogP contribution in [0, 0.1) is 0 Å². The lowest BCUT2D eigenvalue weighted by molar-refractivity contribution is -0.133. The van der Waals surface area contributed by atoms with Gasteiger partial charge in [-0.3, -0.25) is 9.69 Å². The molecule has 1 saturated carbocycles. The first kappa shape index (κ1) is 15.1. The Bertz CT molecular complexity index is 552. The molecule has 7 nitrogen and oxygen atoms in total. The molecule has 2 aliphatic heterocycles. The highest BCUT2D eigenvalue weighted by atomic mass is 16.5.